The Balaban J connectivity index is 2.61. The molecule has 2 aromatic heterocycles. The van der Waals surface area contributed by atoms with E-state index in [1.54, 1.807) is 11.3 Å². The van der Waals surface area contributed by atoms with Gasteiger partial charge in [-0.25, -0.2) is 9.97 Å². The summed E-state index contributed by atoms with van der Waals surface area (Å²) in [6.45, 7) is 6.32. The van der Waals surface area contributed by atoms with E-state index in [0.717, 1.165) is 21.0 Å². The SMILES string of the molecule is Cc1nc2ccc(C(C)C)nc2s1. The molecule has 2 rings (SSSR count). The second-order valence-electron chi connectivity index (χ2n) is 3.45. The van der Waals surface area contributed by atoms with Crippen LogP contribution in [0, 0.1) is 6.92 Å². The largest absolute Gasteiger partial charge is 0.240 e. The van der Waals surface area contributed by atoms with Crippen molar-refractivity contribution in [2.75, 3.05) is 0 Å². The summed E-state index contributed by atoms with van der Waals surface area (Å²) in [5.74, 6) is 0.492. The highest BCUT2D eigenvalue weighted by atomic mass is 32.1. The predicted octanol–water partition coefficient (Wildman–Crippen LogP) is 3.12. The van der Waals surface area contributed by atoms with E-state index in [9.17, 15) is 0 Å². The highest BCUT2D eigenvalue weighted by Crippen LogP contribution is 2.22. The van der Waals surface area contributed by atoms with Gasteiger partial charge >= 0.3 is 0 Å². The van der Waals surface area contributed by atoms with Crippen LogP contribution in [0.1, 0.15) is 30.5 Å². The minimum atomic E-state index is 0.492. The predicted molar refractivity (Wildman–Crippen MR) is 56.2 cm³/mol. The summed E-state index contributed by atoms with van der Waals surface area (Å²) in [4.78, 5) is 9.98. The molecule has 0 saturated heterocycles. The summed E-state index contributed by atoms with van der Waals surface area (Å²) in [7, 11) is 0. The first-order valence-electron chi connectivity index (χ1n) is 4.41. The molecule has 0 unspecified atom stereocenters. The fourth-order valence-electron chi connectivity index (χ4n) is 1.26. The monoisotopic (exact) mass is 192 g/mol. The Bertz CT molecular complexity index is 431. The first-order chi connectivity index (χ1) is 6.16. The fraction of sp³-hybridized carbons (Fsp3) is 0.400. The van der Waals surface area contributed by atoms with Gasteiger partial charge < -0.3 is 0 Å². The highest BCUT2D eigenvalue weighted by Gasteiger charge is 2.05. The van der Waals surface area contributed by atoms with E-state index < -0.39 is 0 Å². The molecule has 0 aliphatic carbocycles. The molecule has 0 radical (unpaired) electrons. The number of nitrogens with zero attached hydrogens (tertiary/aromatic N) is 2. The van der Waals surface area contributed by atoms with E-state index in [1.165, 1.54) is 0 Å². The minimum absolute atomic E-state index is 0.492. The van der Waals surface area contributed by atoms with Crippen LogP contribution in [0.3, 0.4) is 0 Å². The average Bonchev–Trinajstić information content (AvgIpc) is 2.42. The molecule has 68 valence electrons. The molecule has 2 heterocycles. The summed E-state index contributed by atoms with van der Waals surface area (Å²) in [5, 5.41) is 1.09. The normalized spacial score (nSPS) is 11.4. The smallest absolute Gasteiger partial charge is 0.143 e. The lowest BCUT2D eigenvalue weighted by molar-refractivity contribution is 0.831. The lowest BCUT2D eigenvalue weighted by atomic mass is 10.1. The van der Waals surface area contributed by atoms with Gasteiger partial charge in [-0.1, -0.05) is 25.2 Å². The number of pyridine rings is 1. The van der Waals surface area contributed by atoms with E-state index >= 15 is 0 Å². The number of hydrogen-bond acceptors (Lipinski definition) is 3. The van der Waals surface area contributed by atoms with Crippen molar-refractivity contribution in [3.63, 3.8) is 0 Å². The molecule has 0 aliphatic rings. The van der Waals surface area contributed by atoms with Crippen LogP contribution >= 0.6 is 11.3 Å². The van der Waals surface area contributed by atoms with Gasteiger partial charge in [0.2, 0.25) is 0 Å². The van der Waals surface area contributed by atoms with Gasteiger partial charge in [0.15, 0.2) is 0 Å². The first-order valence-corrected chi connectivity index (χ1v) is 5.22. The summed E-state index contributed by atoms with van der Waals surface area (Å²) in [6.07, 6.45) is 0. The summed E-state index contributed by atoms with van der Waals surface area (Å²) < 4.78 is 0. The Hall–Kier alpha value is -0.960. The van der Waals surface area contributed by atoms with E-state index in [1.807, 2.05) is 6.92 Å². The molecule has 0 fully saturated rings. The maximum Gasteiger partial charge on any atom is 0.143 e. The van der Waals surface area contributed by atoms with Crippen LogP contribution in [-0.4, -0.2) is 9.97 Å². The minimum Gasteiger partial charge on any atom is -0.240 e. The van der Waals surface area contributed by atoms with E-state index in [-0.39, 0.29) is 0 Å². The zero-order chi connectivity index (χ0) is 9.42. The number of aromatic nitrogens is 2. The highest BCUT2D eigenvalue weighted by molar-refractivity contribution is 7.18. The van der Waals surface area contributed by atoms with Crippen LogP contribution in [0.2, 0.25) is 0 Å². The van der Waals surface area contributed by atoms with Gasteiger partial charge in [0, 0.05) is 5.69 Å². The Labute approximate surface area is 81.7 Å². The third-order valence-electron chi connectivity index (χ3n) is 1.98. The summed E-state index contributed by atoms with van der Waals surface area (Å²) >= 11 is 1.66. The van der Waals surface area contributed by atoms with Crippen LogP contribution < -0.4 is 0 Å². The maximum absolute atomic E-state index is 4.55. The van der Waals surface area contributed by atoms with Gasteiger partial charge in [0.25, 0.3) is 0 Å². The molecule has 0 atom stereocenters. The third kappa shape index (κ3) is 1.56. The lowest BCUT2D eigenvalue weighted by Gasteiger charge is -2.01. The van der Waals surface area contributed by atoms with Crippen LogP contribution in [-0.2, 0) is 0 Å². The molecular formula is C10H12N2S. The Morgan fingerprint density at radius 2 is 2.00 bits per heavy atom. The van der Waals surface area contributed by atoms with Gasteiger partial charge in [0.05, 0.1) is 5.01 Å². The van der Waals surface area contributed by atoms with Crippen molar-refractivity contribution in [2.24, 2.45) is 0 Å². The van der Waals surface area contributed by atoms with Crippen LogP contribution in [0.15, 0.2) is 12.1 Å². The molecule has 2 nitrogen and oxygen atoms in total. The molecular weight excluding hydrogens is 180 g/mol. The Morgan fingerprint density at radius 1 is 1.23 bits per heavy atom. The lowest BCUT2D eigenvalue weighted by Crippen LogP contribution is -1.90. The van der Waals surface area contributed by atoms with Crippen molar-refractivity contribution in [3.05, 3.63) is 22.8 Å². The second kappa shape index (κ2) is 3.07. The second-order valence-corrected chi connectivity index (χ2v) is 4.63. The molecule has 3 heteroatoms. The van der Waals surface area contributed by atoms with Gasteiger partial charge in [-0.05, 0) is 25.0 Å². The third-order valence-corrected chi connectivity index (χ3v) is 2.86. The zero-order valence-electron chi connectivity index (χ0n) is 8.03. The number of thiazole rings is 1. The van der Waals surface area contributed by atoms with Gasteiger partial charge in [-0.3, -0.25) is 0 Å². The number of aryl methyl sites for hydroxylation is 1. The molecule has 0 aliphatic heterocycles. The van der Waals surface area contributed by atoms with Crippen LogP contribution in [0.25, 0.3) is 10.3 Å². The van der Waals surface area contributed by atoms with Gasteiger partial charge in [0.1, 0.15) is 10.3 Å². The quantitative estimate of drug-likeness (QED) is 0.693. The Kier molecular flexibility index (Phi) is 2.04. The van der Waals surface area contributed by atoms with Crippen molar-refractivity contribution < 1.29 is 0 Å². The molecule has 0 spiro atoms. The number of fused-ring (bicyclic) bond motifs is 1. The molecule has 0 N–H and O–H groups in total. The van der Waals surface area contributed by atoms with Crippen molar-refractivity contribution in [2.45, 2.75) is 26.7 Å². The molecule has 0 amide bonds. The van der Waals surface area contributed by atoms with Crippen molar-refractivity contribution in [1.29, 1.82) is 0 Å². The number of rotatable bonds is 1. The standard InChI is InChI=1S/C10H12N2S/c1-6(2)8-4-5-9-10(12-8)13-7(3)11-9/h4-6H,1-3H3. The van der Waals surface area contributed by atoms with E-state index in [4.69, 9.17) is 0 Å². The first kappa shape index (κ1) is 8.63. The maximum atomic E-state index is 4.55. The average molecular weight is 192 g/mol. The van der Waals surface area contributed by atoms with Crippen LogP contribution in [0.4, 0.5) is 0 Å². The molecule has 0 aromatic carbocycles. The van der Waals surface area contributed by atoms with Crippen molar-refractivity contribution in [1.82, 2.24) is 9.97 Å². The van der Waals surface area contributed by atoms with Gasteiger partial charge in [-0.15, -0.1) is 0 Å². The number of hydrogen-bond donors (Lipinski definition) is 0. The van der Waals surface area contributed by atoms with Gasteiger partial charge in [-0.2, -0.15) is 0 Å². The topological polar surface area (TPSA) is 25.8 Å². The zero-order valence-corrected chi connectivity index (χ0v) is 8.85. The summed E-state index contributed by atoms with van der Waals surface area (Å²) in [6, 6.07) is 4.12. The molecule has 0 saturated carbocycles. The van der Waals surface area contributed by atoms with E-state index in [2.05, 4.69) is 35.9 Å². The summed E-state index contributed by atoms with van der Waals surface area (Å²) in [5.41, 5.74) is 2.17. The van der Waals surface area contributed by atoms with Crippen LogP contribution in [0.5, 0.6) is 0 Å². The van der Waals surface area contributed by atoms with Crippen molar-refractivity contribution >= 4 is 21.7 Å². The molecule has 13 heavy (non-hydrogen) atoms. The Morgan fingerprint density at radius 3 is 2.69 bits per heavy atom. The molecule has 0 bridgehead atoms. The fourth-order valence-corrected chi connectivity index (χ4v) is 2.05. The van der Waals surface area contributed by atoms with Crippen molar-refractivity contribution in [3.8, 4) is 0 Å². The van der Waals surface area contributed by atoms with E-state index in [0.29, 0.717) is 5.92 Å². The molecule has 2 aromatic rings.